The van der Waals surface area contributed by atoms with E-state index in [9.17, 15) is 8.42 Å². The Morgan fingerprint density at radius 1 is 1.38 bits per heavy atom. The third-order valence-electron chi connectivity index (χ3n) is 3.23. The number of rotatable bonds is 10. The minimum Gasteiger partial charge on any atom is -0.383 e. The molecule has 3 N–H and O–H groups in total. The molecule has 0 aliphatic carbocycles. The van der Waals surface area contributed by atoms with Crippen LogP contribution < -0.4 is 10.0 Å². The SMILES string of the molecule is CCCNCc1cc(S(=O)(=O)NC(COC)C(C)C)c[nH]1. The molecule has 0 saturated heterocycles. The van der Waals surface area contributed by atoms with Gasteiger partial charge in [0.15, 0.2) is 0 Å². The maximum Gasteiger partial charge on any atom is 0.242 e. The molecule has 0 saturated carbocycles. The van der Waals surface area contributed by atoms with Gasteiger partial charge in [0.05, 0.1) is 11.5 Å². The molecule has 7 heteroatoms. The zero-order valence-electron chi connectivity index (χ0n) is 13.3. The van der Waals surface area contributed by atoms with E-state index < -0.39 is 10.0 Å². The fraction of sp³-hybridized carbons (Fsp3) is 0.714. The van der Waals surface area contributed by atoms with Crippen LogP contribution in [0.1, 0.15) is 32.9 Å². The zero-order valence-corrected chi connectivity index (χ0v) is 14.1. The molecule has 1 rings (SSSR count). The van der Waals surface area contributed by atoms with Crippen molar-refractivity contribution in [2.24, 2.45) is 5.92 Å². The molecule has 6 nitrogen and oxygen atoms in total. The molecule has 1 heterocycles. The molecule has 0 bridgehead atoms. The van der Waals surface area contributed by atoms with E-state index in [2.05, 4.69) is 21.9 Å². The van der Waals surface area contributed by atoms with Crippen LogP contribution in [0.4, 0.5) is 0 Å². The molecular formula is C14H27N3O3S. The minimum atomic E-state index is -3.53. The molecule has 1 atom stereocenters. The Hall–Kier alpha value is -0.890. The molecule has 21 heavy (non-hydrogen) atoms. The van der Waals surface area contributed by atoms with Crippen LogP contribution in [-0.4, -0.2) is 39.7 Å². The van der Waals surface area contributed by atoms with Crippen LogP contribution in [0.15, 0.2) is 17.2 Å². The summed E-state index contributed by atoms with van der Waals surface area (Å²) in [7, 11) is -1.96. The second-order valence-electron chi connectivity index (χ2n) is 5.46. The Kier molecular flexibility index (Phi) is 7.37. The van der Waals surface area contributed by atoms with Crippen LogP contribution in [0.25, 0.3) is 0 Å². The molecule has 0 aliphatic rings. The van der Waals surface area contributed by atoms with Gasteiger partial charge in [-0.15, -0.1) is 0 Å². The second-order valence-corrected chi connectivity index (χ2v) is 7.18. The van der Waals surface area contributed by atoms with Crippen LogP contribution in [0, 0.1) is 5.92 Å². The molecular weight excluding hydrogens is 290 g/mol. The molecule has 0 fully saturated rings. The Morgan fingerprint density at radius 3 is 2.67 bits per heavy atom. The number of methoxy groups -OCH3 is 1. The number of sulfonamides is 1. The lowest BCUT2D eigenvalue weighted by atomic mass is 10.1. The van der Waals surface area contributed by atoms with Crippen LogP contribution in [-0.2, 0) is 21.3 Å². The summed E-state index contributed by atoms with van der Waals surface area (Å²) in [6.45, 7) is 7.90. The second kappa shape index (κ2) is 8.53. The maximum absolute atomic E-state index is 12.4. The monoisotopic (exact) mass is 317 g/mol. The molecule has 0 aromatic carbocycles. The van der Waals surface area contributed by atoms with E-state index in [4.69, 9.17) is 4.74 Å². The van der Waals surface area contributed by atoms with Crippen molar-refractivity contribution in [3.05, 3.63) is 18.0 Å². The topological polar surface area (TPSA) is 83.2 Å². The first-order valence-electron chi connectivity index (χ1n) is 7.30. The number of hydrogen-bond donors (Lipinski definition) is 3. The van der Waals surface area contributed by atoms with Gasteiger partial charge in [0.25, 0.3) is 0 Å². The number of aromatic amines is 1. The van der Waals surface area contributed by atoms with E-state index in [-0.39, 0.29) is 16.9 Å². The molecule has 1 aromatic rings. The lowest BCUT2D eigenvalue weighted by Gasteiger charge is -2.20. The third-order valence-corrected chi connectivity index (χ3v) is 4.70. The quantitative estimate of drug-likeness (QED) is 0.571. The van der Waals surface area contributed by atoms with Gasteiger partial charge in [0.2, 0.25) is 10.0 Å². The predicted octanol–water partition coefficient (Wildman–Crippen LogP) is 1.46. The van der Waals surface area contributed by atoms with Crippen molar-refractivity contribution in [1.29, 1.82) is 0 Å². The first-order valence-corrected chi connectivity index (χ1v) is 8.78. The lowest BCUT2D eigenvalue weighted by molar-refractivity contribution is 0.157. The first kappa shape index (κ1) is 18.2. The Balaban J connectivity index is 2.73. The molecule has 0 amide bonds. The molecule has 0 radical (unpaired) electrons. The summed E-state index contributed by atoms with van der Waals surface area (Å²) in [5, 5.41) is 3.23. The van der Waals surface area contributed by atoms with E-state index >= 15 is 0 Å². The van der Waals surface area contributed by atoms with E-state index in [0.29, 0.717) is 13.2 Å². The van der Waals surface area contributed by atoms with Gasteiger partial charge >= 0.3 is 0 Å². The van der Waals surface area contributed by atoms with Gasteiger partial charge in [-0.25, -0.2) is 13.1 Å². The summed E-state index contributed by atoms with van der Waals surface area (Å²) in [6, 6.07) is 1.42. The van der Waals surface area contributed by atoms with Crippen molar-refractivity contribution in [2.45, 2.75) is 44.7 Å². The van der Waals surface area contributed by atoms with E-state index in [1.807, 2.05) is 13.8 Å². The van der Waals surface area contributed by atoms with Gasteiger partial charge in [-0.05, 0) is 24.9 Å². The van der Waals surface area contributed by atoms with Crippen LogP contribution in [0.3, 0.4) is 0 Å². The van der Waals surface area contributed by atoms with E-state index in [0.717, 1.165) is 18.7 Å². The van der Waals surface area contributed by atoms with Crippen molar-refractivity contribution in [1.82, 2.24) is 15.0 Å². The highest BCUT2D eigenvalue weighted by molar-refractivity contribution is 7.89. The predicted molar refractivity (Wildman–Crippen MR) is 83.6 cm³/mol. The van der Waals surface area contributed by atoms with Crippen molar-refractivity contribution in [2.75, 3.05) is 20.3 Å². The van der Waals surface area contributed by atoms with Crippen molar-refractivity contribution < 1.29 is 13.2 Å². The summed E-state index contributed by atoms with van der Waals surface area (Å²) in [5.74, 6) is 0.157. The number of H-pyrrole nitrogens is 1. The number of nitrogens with one attached hydrogen (secondary N) is 3. The zero-order chi connectivity index (χ0) is 15.9. The molecule has 122 valence electrons. The van der Waals surface area contributed by atoms with Crippen molar-refractivity contribution >= 4 is 10.0 Å². The highest BCUT2D eigenvalue weighted by Crippen LogP contribution is 2.13. The average Bonchev–Trinajstić information content (AvgIpc) is 2.88. The van der Waals surface area contributed by atoms with Gasteiger partial charge in [0, 0.05) is 31.6 Å². The van der Waals surface area contributed by atoms with Gasteiger partial charge in [0.1, 0.15) is 0 Å². The highest BCUT2D eigenvalue weighted by Gasteiger charge is 2.23. The molecule has 0 spiro atoms. The highest BCUT2D eigenvalue weighted by atomic mass is 32.2. The summed E-state index contributed by atoms with van der Waals surface area (Å²) in [6.07, 6.45) is 2.57. The summed E-state index contributed by atoms with van der Waals surface area (Å²) >= 11 is 0. The smallest absolute Gasteiger partial charge is 0.242 e. The number of hydrogen-bond acceptors (Lipinski definition) is 4. The summed E-state index contributed by atoms with van der Waals surface area (Å²) in [5.41, 5.74) is 0.858. The lowest BCUT2D eigenvalue weighted by Crippen LogP contribution is -2.41. The Labute approximate surface area is 127 Å². The van der Waals surface area contributed by atoms with Gasteiger partial charge in [-0.3, -0.25) is 0 Å². The van der Waals surface area contributed by atoms with E-state index in [1.54, 1.807) is 13.2 Å². The third kappa shape index (κ3) is 5.78. The largest absolute Gasteiger partial charge is 0.383 e. The van der Waals surface area contributed by atoms with Crippen molar-refractivity contribution in [3.63, 3.8) is 0 Å². The molecule has 1 aromatic heterocycles. The normalized spacial score (nSPS) is 13.8. The standard InChI is InChI=1S/C14H27N3O3S/c1-5-6-15-8-12-7-13(9-16-12)21(18,19)17-14(10-20-4)11(2)3/h7,9,11,14-17H,5-6,8,10H2,1-4H3. The fourth-order valence-corrected chi connectivity index (χ4v) is 3.27. The van der Waals surface area contributed by atoms with E-state index in [1.165, 1.54) is 6.20 Å². The van der Waals surface area contributed by atoms with Crippen LogP contribution >= 0.6 is 0 Å². The van der Waals surface area contributed by atoms with Crippen LogP contribution in [0.5, 0.6) is 0 Å². The Morgan fingerprint density at radius 2 is 2.10 bits per heavy atom. The summed E-state index contributed by atoms with van der Waals surface area (Å²) in [4.78, 5) is 3.25. The maximum atomic E-state index is 12.4. The van der Waals surface area contributed by atoms with Gasteiger partial charge in [-0.1, -0.05) is 20.8 Å². The fourth-order valence-electron chi connectivity index (χ4n) is 1.89. The molecule has 1 unspecified atom stereocenters. The minimum absolute atomic E-state index is 0.157. The summed E-state index contributed by atoms with van der Waals surface area (Å²) < 4.78 is 32.5. The molecule has 0 aliphatic heterocycles. The average molecular weight is 317 g/mol. The number of ether oxygens (including phenoxy) is 1. The van der Waals surface area contributed by atoms with Crippen molar-refractivity contribution in [3.8, 4) is 0 Å². The first-order chi connectivity index (χ1) is 9.90. The van der Waals surface area contributed by atoms with Gasteiger partial charge in [-0.2, -0.15) is 0 Å². The number of aromatic nitrogens is 1. The van der Waals surface area contributed by atoms with Gasteiger partial charge < -0.3 is 15.0 Å². The Bertz CT molecular complexity index is 511. The van der Waals surface area contributed by atoms with Crippen LogP contribution in [0.2, 0.25) is 0 Å².